The molecule has 0 bridgehead atoms. The summed E-state index contributed by atoms with van der Waals surface area (Å²) >= 11 is 0. The lowest BCUT2D eigenvalue weighted by atomic mass is 9.97. The lowest BCUT2D eigenvalue weighted by molar-refractivity contribution is -0.143. The van der Waals surface area contributed by atoms with Crippen LogP contribution in [0.1, 0.15) is 35.6 Å². The summed E-state index contributed by atoms with van der Waals surface area (Å²) < 4.78 is 5.00. The summed E-state index contributed by atoms with van der Waals surface area (Å²) in [6, 6.07) is 10.5. The van der Waals surface area contributed by atoms with E-state index in [-0.39, 0.29) is 5.97 Å². The summed E-state index contributed by atoms with van der Waals surface area (Å²) in [7, 11) is 0. The minimum Gasteiger partial charge on any atom is -0.466 e. The Hall–Kier alpha value is -2.20. The van der Waals surface area contributed by atoms with Crippen LogP contribution < -0.4 is 5.73 Å². The zero-order chi connectivity index (χ0) is 16.5. The van der Waals surface area contributed by atoms with Crippen LogP contribution in [0.3, 0.4) is 0 Å². The summed E-state index contributed by atoms with van der Waals surface area (Å²) in [4.78, 5) is 15.6. The molecule has 23 heavy (non-hydrogen) atoms. The predicted octanol–water partition coefficient (Wildman–Crippen LogP) is 2.67. The number of carbonyl (C=O) groups excluding carboxylic acids is 1. The van der Waals surface area contributed by atoms with Crippen molar-refractivity contribution in [2.24, 2.45) is 5.73 Å². The molecule has 4 heteroatoms. The number of esters is 1. The maximum absolute atomic E-state index is 11.6. The van der Waals surface area contributed by atoms with Crippen molar-refractivity contribution in [1.29, 1.82) is 0 Å². The van der Waals surface area contributed by atoms with Crippen LogP contribution >= 0.6 is 0 Å². The minimum atomic E-state index is -0.146. The largest absolute Gasteiger partial charge is 0.466 e. The van der Waals surface area contributed by atoms with Crippen LogP contribution in [0, 0.1) is 0 Å². The normalized spacial score (nSPS) is 10.5. The second-order valence-corrected chi connectivity index (χ2v) is 5.53. The molecule has 0 atom stereocenters. The van der Waals surface area contributed by atoms with Crippen molar-refractivity contribution in [1.82, 2.24) is 4.98 Å². The van der Waals surface area contributed by atoms with E-state index in [4.69, 9.17) is 10.5 Å². The highest BCUT2D eigenvalue weighted by molar-refractivity contribution is 5.69. The van der Waals surface area contributed by atoms with Gasteiger partial charge in [0.2, 0.25) is 0 Å². The Morgan fingerprint density at radius 2 is 1.70 bits per heavy atom. The molecular weight excluding hydrogens is 288 g/mol. The number of nitrogens with two attached hydrogens (primary N) is 1. The number of aryl methyl sites for hydroxylation is 1. The lowest BCUT2D eigenvalue weighted by Crippen LogP contribution is -2.07. The van der Waals surface area contributed by atoms with Crippen LogP contribution in [0.2, 0.25) is 0 Å². The number of rotatable bonds is 8. The van der Waals surface area contributed by atoms with Crippen LogP contribution in [0.25, 0.3) is 0 Å². The van der Waals surface area contributed by atoms with Crippen molar-refractivity contribution in [3.8, 4) is 0 Å². The van der Waals surface area contributed by atoms with Crippen LogP contribution in [0.15, 0.2) is 42.7 Å². The van der Waals surface area contributed by atoms with Gasteiger partial charge in [0, 0.05) is 18.8 Å². The maximum atomic E-state index is 11.6. The third kappa shape index (κ3) is 5.83. The Bertz CT molecular complexity index is 627. The first-order valence-corrected chi connectivity index (χ1v) is 8.07. The molecule has 1 aromatic heterocycles. The number of hydrogen-bond acceptors (Lipinski definition) is 4. The molecule has 0 aliphatic rings. The van der Waals surface area contributed by atoms with E-state index in [1.807, 2.05) is 19.1 Å². The molecule has 2 aromatic rings. The molecule has 2 rings (SSSR count). The monoisotopic (exact) mass is 312 g/mol. The van der Waals surface area contributed by atoms with Gasteiger partial charge in [0.05, 0.1) is 6.61 Å². The minimum absolute atomic E-state index is 0.146. The summed E-state index contributed by atoms with van der Waals surface area (Å²) in [5.41, 5.74) is 10.5. The van der Waals surface area contributed by atoms with Gasteiger partial charge in [0.15, 0.2) is 0 Å². The molecule has 2 N–H and O–H groups in total. The first kappa shape index (κ1) is 17.2. The van der Waals surface area contributed by atoms with E-state index in [0.29, 0.717) is 26.0 Å². The van der Waals surface area contributed by atoms with Gasteiger partial charge in [0.1, 0.15) is 0 Å². The zero-order valence-corrected chi connectivity index (χ0v) is 13.6. The second-order valence-electron chi connectivity index (χ2n) is 5.53. The zero-order valence-electron chi connectivity index (χ0n) is 13.6. The predicted molar refractivity (Wildman–Crippen MR) is 91.2 cm³/mol. The van der Waals surface area contributed by atoms with E-state index in [0.717, 1.165) is 18.4 Å². The number of hydrogen-bond donors (Lipinski definition) is 1. The number of carbonyl (C=O) groups is 1. The van der Waals surface area contributed by atoms with Crippen molar-refractivity contribution in [3.05, 3.63) is 65.0 Å². The highest BCUT2D eigenvalue weighted by Gasteiger charge is 2.06. The van der Waals surface area contributed by atoms with E-state index >= 15 is 0 Å². The Labute approximate surface area is 137 Å². The summed E-state index contributed by atoms with van der Waals surface area (Å²) in [6.07, 6.45) is 6.42. The third-order valence-electron chi connectivity index (χ3n) is 3.63. The number of nitrogens with zero attached hydrogens (tertiary/aromatic N) is 1. The van der Waals surface area contributed by atoms with Crippen LogP contribution in [0.4, 0.5) is 0 Å². The van der Waals surface area contributed by atoms with Gasteiger partial charge in [0.25, 0.3) is 0 Å². The number of aromatic nitrogens is 1. The van der Waals surface area contributed by atoms with Crippen molar-refractivity contribution in [2.45, 2.75) is 32.6 Å². The van der Waals surface area contributed by atoms with Crippen LogP contribution in [-0.2, 0) is 28.8 Å². The highest BCUT2D eigenvalue weighted by Crippen LogP contribution is 2.16. The van der Waals surface area contributed by atoms with E-state index in [1.165, 1.54) is 16.7 Å². The average Bonchev–Trinajstić information content (AvgIpc) is 2.54. The molecule has 1 aromatic carbocycles. The molecule has 0 aliphatic carbocycles. The van der Waals surface area contributed by atoms with Crippen molar-refractivity contribution in [2.75, 3.05) is 13.2 Å². The lowest BCUT2D eigenvalue weighted by Gasteiger charge is -2.10. The molecule has 1 heterocycles. The highest BCUT2D eigenvalue weighted by atomic mass is 16.5. The molecular formula is C19H24N2O2. The quantitative estimate of drug-likeness (QED) is 0.761. The van der Waals surface area contributed by atoms with Gasteiger partial charge in [-0.25, -0.2) is 0 Å². The standard InChI is InChI=1S/C19H24N2O2/c1-2-23-19(22)4-3-16-12-17(5-8-20)14-18(13-16)11-15-6-9-21-10-7-15/h6-7,9-10,12-14H,2-5,8,11,20H2,1H3. The van der Waals surface area contributed by atoms with Crippen LogP contribution in [-0.4, -0.2) is 24.1 Å². The van der Waals surface area contributed by atoms with Gasteiger partial charge in [-0.15, -0.1) is 0 Å². The summed E-state index contributed by atoms with van der Waals surface area (Å²) in [5, 5.41) is 0. The molecule has 0 unspecified atom stereocenters. The molecule has 0 amide bonds. The number of ether oxygens (including phenoxy) is 1. The third-order valence-corrected chi connectivity index (χ3v) is 3.63. The molecule has 4 nitrogen and oxygen atoms in total. The summed E-state index contributed by atoms with van der Waals surface area (Å²) in [6.45, 7) is 2.88. The van der Waals surface area contributed by atoms with E-state index in [9.17, 15) is 4.79 Å². The maximum Gasteiger partial charge on any atom is 0.306 e. The molecule has 0 saturated carbocycles. The number of benzene rings is 1. The van der Waals surface area contributed by atoms with E-state index in [2.05, 4.69) is 23.2 Å². The van der Waals surface area contributed by atoms with Crippen molar-refractivity contribution < 1.29 is 9.53 Å². The molecule has 0 fully saturated rings. The van der Waals surface area contributed by atoms with Gasteiger partial charge >= 0.3 is 5.97 Å². The summed E-state index contributed by atoms with van der Waals surface area (Å²) in [5.74, 6) is -0.146. The van der Waals surface area contributed by atoms with Gasteiger partial charge in [-0.05, 0) is 67.1 Å². The fraction of sp³-hybridized carbons (Fsp3) is 0.368. The Morgan fingerprint density at radius 1 is 1.04 bits per heavy atom. The fourth-order valence-electron chi connectivity index (χ4n) is 2.61. The topological polar surface area (TPSA) is 65.2 Å². The first-order chi connectivity index (χ1) is 11.2. The Balaban J connectivity index is 2.12. The van der Waals surface area contributed by atoms with Crippen LogP contribution in [0.5, 0.6) is 0 Å². The van der Waals surface area contributed by atoms with Crippen molar-refractivity contribution in [3.63, 3.8) is 0 Å². The smallest absolute Gasteiger partial charge is 0.306 e. The Morgan fingerprint density at radius 3 is 2.35 bits per heavy atom. The Kier molecular flexibility index (Phi) is 6.76. The van der Waals surface area contributed by atoms with Crippen molar-refractivity contribution >= 4 is 5.97 Å². The average molecular weight is 312 g/mol. The molecule has 0 radical (unpaired) electrons. The molecule has 0 saturated heterocycles. The SMILES string of the molecule is CCOC(=O)CCc1cc(CCN)cc(Cc2ccncc2)c1. The van der Waals surface area contributed by atoms with Gasteiger partial charge in [-0.2, -0.15) is 0 Å². The van der Waals surface area contributed by atoms with Gasteiger partial charge < -0.3 is 10.5 Å². The molecule has 0 aliphatic heterocycles. The number of pyridine rings is 1. The van der Waals surface area contributed by atoms with E-state index in [1.54, 1.807) is 12.4 Å². The van der Waals surface area contributed by atoms with Gasteiger partial charge in [-0.3, -0.25) is 9.78 Å². The van der Waals surface area contributed by atoms with E-state index < -0.39 is 0 Å². The molecule has 0 spiro atoms. The van der Waals surface area contributed by atoms with Gasteiger partial charge in [-0.1, -0.05) is 18.2 Å². The first-order valence-electron chi connectivity index (χ1n) is 8.07. The fourth-order valence-corrected chi connectivity index (χ4v) is 2.61. The molecule has 122 valence electrons. The second kappa shape index (κ2) is 9.06.